The first-order chi connectivity index (χ1) is 10.3. The maximum absolute atomic E-state index is 12.5. The van der Waals surface area contributed by atoms with Gasteiger partial charge in [-0.15, -0.1) is 0 Å². The average molecular weight is 327 g/mol. The highest BCUT2D eigenvalue weighted by molar-refractivity contribution is 7.53. The van der Waals surface area contributed by atoms with E-state index in [1.54, 1.807) is 24.3 Å². The van der Waals surface area contributed by atoms with Gasteiger partial charge in [-0.2, -0.15) is 0 Å². The molecule has 0 radical (unpaired) electrons. The number of hydrogen-bond acceptors (Lipinski definition) is 6. The minimum Gasteiger partial charge on any atom is -0.358 e. The van der Waals surface area contributed by atoms with Crippen molar-refractivity contribution in [1.29, 1.82) is 0 Å². The molecule has 0 aliphatic carbocycles. The molecule has 1 aliphatic heterocycles. The van der Waals surface area contributed by atoms with Gasteiger partial charge in [0, 0.05) is 21.3 Å². The fourth-order valence-electron chi connectivity index (χ4n) is 2.41. The van der Waals surface area contributed by atoms with Gasteiger partial charge in [0.15, 0.2) is 5.72 Å². The Labute approximate surface area is 128 Å². The lowest BCUT2D eigenvalue weighted by Gasteiger charge is -2.37. The maximum Gasteiger partial charge on any atom is 0.334 e. The first-order valence-electron chi connectivity index (χ1n) is 6.55. The molecule has 0 spiro atoms. The number of carbonyl (C=O) groups excluding carboxylic acids is 2. The Morgan fingerprint density at radius 1 is 1.05 bits per heavy atom. The molecular formula is C14H18NO6P. The Hall–Kier alpha value is -1.53. The molecule has 1 atom stereocenters. The molecule has 0 bridgehead atoms. The van der Waals surface area contributed by atoms with Crippen molar-refractivity contribution in [2.45, 2.75) is 12.6 Å². The van der Waals surface area contributed by atoms with Gasteiger partial charge in [-0.3, -0.25) is 14.2 Å². The molecule has 0 N–H and O–H groups in total. The monoisotopic (exact) mass is 327 g/mol. The first kappa shape index (κ1) is 16.8. The van der Waals surface area contributed by atoms with E-state index in [9.17, 15) is 14.2 Å². The fourth-order valence-corrected chi connectivity index (χ4v) is 3.80. The highest BCUT2D eigenvalue weighted by Crippen LogP contribution is 2.50. The molecule has 0 saturated heterocycles. The lowest BCUT2D eigenvalue weighted by atomic mass is 10.1. The molecule has 0 fully saturated rings. The van der Waals surface area contributed by atoms with Crippen LogP contribution in [-0.4, -0.2) is 49.9 Å². The third-order valence-electron chi connectivity index (χ3n) is 3.75. The second-order valence-electron chi connectivity index (χ2n) is 5.00. The molecule has 120 valence electrons. The van der Waals surface area contributed by atoms with Crippen LogP contribution in [0.5, 0.6) is 0 Å². The third-order valence-corrected chi connectivity index (χ3v) is 5.84. The number of carbonyl (C=O) groups is 2. The Morgan fingerprint density at radius 2 is 1.50 bits per heavy atom. The van der Waals surface area contributed by atoms with Crippen molar-refractivity contribution in [3.8, 4) is 0 Å². The zero-order valence-corrected chi connectivity index (χ0v) is 13.8. The number of nitrogens with zero attached hydrogens (tertiary/aromatic N) is 1. The van der Waals surface area contributed by atoms with E-state index < -0.39 is 25.1 Å². The SMILES string of the molecule is COC(C)(CP(=O)(OC)OC)N1C(=O)c2ccccc2C1=O. The summed E-state index contributed by atoms with van der Waals surface area (Å²) in [5, 5.41) is 0. The predicted octanol–water partition coefficient (Wildman–Crippen LogP) is 2.13. The number of amides is 2. The molecule has 0 aromatic heterocycles. The van der Waals surface area contributed by atoms with Crippen molar-refractivity contribution in [2.24, 2.45) is 0 Å². The smallest absolute Gasteiger partial charge is 0.334 e. The highest BCUT2D eigenvalue weighted by atomic mass is 31.2. The summed E-state index contributed by atoms with van der Waals surface area (Å²) in [5.74, 6) is -0.993. The molecule has 1 aliphatic rings. The minimum atomic E-state index is -3.49. The van der Waals surface area contributed by atoms with Crippen LogP contribution in [0, 0.1) is 0 Å². The number of methoxy groups -OCH3 is 1. The molecule has 1 aromatic carbocycles. The average Bonchev–Trinajstić information content (AvgIpc) is 2.79. The van der Waals surface area contributed by atoms with Gasteiger partial charge in [0.2, 0.25) is 0 Å². The van der Waals surface area contributed by atoms with E-state index in [2.05, 4.69) is 0 Å². The van der Waals surface area contributed by atoms with Gasteiger partial charge in [0.05, 0.1) is 17.3 Å². The lowest BCUT2D eigenvalue weighted by molar-refractivity contribution is -0.0713. The summed E-state index contributed by atoms with van der Waals surface area (Å²) in [6.07, 6.45) is -0.269. The van der Waals surface area contributed by atoms with Crippen LogP contribution >= 0.6 is 7.60 Å². The molecule has 1 unspecified atom stereocenters. The first-order valence-corrected chi connectivity index (χ1v) is 8.28. The van der Waals surface area contributed by atoms with E-state index in [0.717, 1.165) is 4.90 Å². The molecule has 2 amide bonds. The second kappa shape index (κ2) is 5.93. The van der Waals surface area contributed by atoms with Crippen LogP contribution < -0.4 is 0 Å². The number of ether oxygens (including phenoxy) is 1. The van der Waals surface area contributed by atoms with Crippen molar-refractivity contribution in [3.05, 3.63) is 35.4 Å². The van der Waals surface area contributed by atoms with E-state index in [1.807, 2.05) is 0 Å². The number of fused-ring (bicyclic) bond motifs is 1. The molecule has 7 nitrogen and oxygen atoms in total. The largest absolute Gasteiger partial charge is 0.358 e. The van der Waals surface area contributed by atoms with Gasteiger partial charge >= 0.3 is 7.60 Å². The van der Waals surface area contributed by atoms with Gasteiger partial charge in [0.25, 0.3) is 11.8 Å². The van der Waals surface area contributed by atoms with Gasteiger partial charge in [-0.25, -0.2) is 4.90 Å². The lowest BCUT2D eigenvalue weighted by Crippen LogP contribution is -2.53. The third kappa shape index (κ3) is 2.61. The van der Waals surface area contributed by atoms with Crippen LogP contribution in [0.4, 0.5) is 0 Å². The Kier molecular flexibility index (Phi) is 4.54. The van der Waals surface area contributed by atoms with E-state index in [1.165, 1.54) is 28.3 Å². The van der Waals surface area contributed by atoms with E-state index in [4.69, 9.17) is 13.8 Å². The van der Waals surface area contributed by atoms with Crippen LogP contribution in [0.2, 0.25) is 0 Å². The van der Waals surface area contributed by atoms with Crippen LogP contribution in [-0.2, 0) is 18.3 Å². The van der Waals surface area contributed by atoms with E-state index >= 15 is 0 Å². The molecule has 0 saturated carbocycles. The molecule has 22 heavy (non-hydrogen) atoms. The van der Waals surface area contributed by atoms with E-state index in [0.29, 0.717) is 11.1 Å². The Balaban J connectivity index is 2.43. The number of benzene rings is 1. The van der Waals surface area contributed by atoms with Crippen molar-refractivity contribution in [1.82, 2.24) is 4.90 Å². The molecule has 1 heterocycles. The summed E-state index contributed by atoms with van der Waals surface area (Å²) in [6.45, 7) is 1.50. The zero-order chi connectivity index (χ0) is 16.5. The van der Waals surface area contributed by atoms with Crippen LogP contribution in [0.1, 0.15) is 27.6 Å². The number of imide groups is 1. The van der Waals surface area contributed by atoms with Gasteiger partial charge < -0.3 is 13.8 Å². The van der Waals surface area contributed by atoms with Gasteiger partial charge in [-0.05, 0) is 19.1 Å². The van der Waals surface area contributed by atoms with Crippen LogP contribution in [0.3, 0.4) is 0 Å². The maximum atomic E-state index is 12.5. The summed E-state index contributed by atoms with van der Waals surface area (Å²) in [5.41, 5.74) is -0.866. The zero-order valence-electron chi connectivity index (χ0n) is 12.9. The molecule has 8 heteroatoms. The predicted molar refractivity (Wildman–Crippen MR) is 78.8 cm³/mol. The summed E-state index contributed by atoms with van der Waals surface area (Å²) in [4.78, 5) is 26.0. The standard InChI is InChI=1S/C14H18NO6P/c1-14(19-2,9-22(18,20-3)21-4)15-12(16)10-7-5-6-8-11(10)13(15)17/h5-8H,9H2,1-4H3. The summed E-state index contributed by atoms with van der Waals surface area (Å²) in [6, 6.07) is 6.48. The fraction of sp³-hybridized carbons (Fsp3) is 0.429. The van der Waals surface area contributed by atoms with Crippen LogP contribution in [0.15, 0.2) is 24.3 Å². The summed E-state index contributed by atoms with van der Waals surface area (Å²) < 4.78 is 27.5. The molecule has 2 rings (SSSR count). The van der Waals surface area contributed by atoms with Crippen molar-refractivity contribution >= 4 is 19.4 Å². The van der Waals surface area contributed by atoms with Crippen molar-refractivity contribution < 1.29 is 27.9 Å². The number of hydrogen-bond donors (Lipinski definition) is 0. The normalized spacial score (nSPS) is 17.5. The molecular weight excluding hydrogens is 309 g/mol. The quantitative estimate of drug-likeness (QED) is 0.588. The van der Waals surface area contributed by atoms with Crippen molar-refractivity contribution in [3.63, 3.8) is 0 Å². The number of rotatable bonds is 6. The Bertz CT molecular complexity index is 617. The summed E-state index contributed by atoms with van der Waals surface area (Å²) in [7, 11) is 0.319. The van der Waals surface area contributed by atoms with E-state index in [-0.39, 0.29) is 6.16 Å². The molecule has 1 aromatic rings. The second-order valence-corrected chi connectivity index (χ2v) is 7.27. The topological polar surface area (TPSA) is 82.1 Å². The highest BCUT2D eigenvalue weighted by Gasteiger charge is 2.50. The van der Waals surface area contributed by atoms with Gasteiger partial charge in [-0.1, -0.05) is 12.1 Å². The van der Waals surface area contributed by atoms with Crippen molar-refractivity contribution in [2.75, 3.05) is 27.5 Å². The minimum absolute atomic E-state index is 0.269. The van der Waals surface area contributed by atoms with Crippen LogP contribution in [0.25, 0.3) is 0 Å². The Morgan fingerprint density at radius 3 is 1.86 bits per heavy atom. The summed E-state index contributed by atoms with van der Waals surface area (Å²) >= 11 is 0. The van der Waals surface area contributed by atoms with Gasteiger partial charge in [0.1, 0.15) is 0 Å².